The van der Waals surface area contributed by atoms with E-state index in [0.717, 1.165) is 17.5 Å². The second-order valence-corrected chi connectivity index (χ2v) is 5.12. The van der Waals surface area contributed by atoms with Crippen LogP contribution in [0.5, 0.6) is 11.5 Å². The zero-order valence-electron chi connectivity index (χ0n) is 11.7. The summed E-state index contributed by atoms with van der Waals surface area (Å²) in [6, 6.07) is 13.6. The highest BCUT2D eigenvalue weighted by molar-refractivity contribution is 5.49. The van der Waals surface area contributed by atoms with Gasteiger partial charge in [-0.1, -0.05) is 24.3 Å². The van der Waals surface area contributed by atoms with Crippen LogP contribution in [-0.4, -0.2) is 19.3 Å². The molecule has 0 aromatic heterocycles. The lowest BCUT2D eigenvalue weighted by Gasteiger charge is -2.25. The van der Waals surface area contributed by atoms with Gasteiger partial charge in [-0.2, -0.15) is 0 Å². The van der Waals surface area contributed by atoms with E-state index < -0.39 is 5.60 Å². The molecule has 20 heavy (non-hydrogen) atoms. The van der Waals surface area contributed by atoms with Gasteiger partial charge in [-0.25, -0.2) is 0 Å². The first-order chi connectivity index (χ1) is 9.67. The van der Waals surface area contributed by atoms with Crippen molar-refractivity contribution < 1.29 is 14.6 Å². The summed E-state index contributed by atoms with van der Waals surface area (Å²) in [5.41, 5.74) is 2.05. The Bertz CT molecular complexity index is 614. The van der Waals surface area contributed by atoms with Gasteiger partial charge in [-0.15, -0.1) is 0 Å². The minimum atomic E-state index is -0.960. The maximum atomic E-state index is 11.1. The number of rotatable bonds is 3. The van der Waals surface area contributed by atoms with Gasteiger partial charge in [0.15, 0.2) is 0 Å². The molecule has 3 rings (SSSR count). The Labute approximate surface area is 118 Å². The van der Waals surface area contributed by atoms with E-state index >= 15 is 0 Å². The van der Waals surface area contributed by atoms with E-state index in [1.807, 2.05) is 36.4 Å². The van der Waals surface area contributed by atoms with Crippen molar-refractivity contribution in [2.75, 3.05) is 14.2 Å². The van der Waals surface area contributed by atoms with Crippen molar-refractivity contribution >= 4 is 0 Å². The molecule has 3 nitrogen and oxygen atoms in total. The number of fused-ring (bicyclic) bond motifs is 1. The van der Waals surface area contributed by atoms with Crippen molar-refractivity contribution in [3.05, 3.63) is 59.2 Å². The third-order valence-electron chi connectivity index (χ3n) is 4.05. The molecule has 0 aliphatic heterocycles. The smallest absolute Gasteiger partial charge is 0.122 e. The van der Waals surface area contributed by atoms with Crippen LogP contribution in [0.3, 0.4) is 0 Å². The predicted octanol–water partition coefficient (Wildman–Crippen LogP) is 2.89. The van der Waals surface area contributed by atoms with Crippen molar-refractivity contribution in [1.29, 1.82) is 0 Å². The number of benzene rings is 2. The zero-order chi connectivity index (χ0) is 14.2. The molecule has 0 saturated heterocycles. The number of hydrogen-bond donors (Lipinski definition) is 1. The van der Waals surface area contributed by atoms with Crippen molar-refractivity contribution in [3.8, 4) is 11.5 Å². The molecular formula is C17H18O3. The SMILES string of the molecule is COc1cc(OC)cc(C2(O)CCc3ccccc32)c1. The fourth-order valence-corrected chi connectivity index (χ4v) is 2.94. The average molecular weight is 270 g/mol. The molecule has 1 atom stereocenters. The average Bonchev–Trinajstić information content (AvgIpc) is 2.86. The molecule has 1 aliphatic carbocycles. The van der Waals surface area contributed by atoms with Gasteiger partial charge in [0.05, 0.1) is 14.2 Å². The normalized spacial score (nSPS) is 20.6. The van der Waals surface area contributed by atoms with Crippen LogP contribution in [0.25, 0.3) is 0 Å². The third kappa shape index (κ3) is 1.95. The van der Waals surface area contributed by atoms with Gasteiger partial charge in [-0.3, -0.25) is 0 Å². The monoisotopic (exact) mass is 270 g/mol. The van der Waals surface area contributed by atoms with E-state index in [4.69, 9.17) is 9.47 Å². The van der Waals surface area contributed by atoms with Crippen molar-refractivity contribution in [2.24, 2.45) is 0 Å². The maximum absolute atomic E-state index is 11.1. The second kappa shape index (κ2) is 4.84. The molecule has 0 bridgehead atoms. The molecule has 0 heterocycles. The Morgan fingerprint density at radius 2 is 1.65 bits per heavy atom. The first-order valence-electron chi connectivity index (χ1n) is 6.71. The van der Waals surface area contributed by atoms with Crippen LogP contribution in [0.1, 0.15) is 23.1 Å². The minimum absolute atomic E-state index is 0.683. The second-order valence-electron chi connectivity index (χ2n) is 5.12. The van der Waals surface area contributed by atoms with Crippen LogP contribution in [0.15, 0.2) is 42.5 Å². The van der Waals surface area contributed by atoms with E-state index in [0.29, 0.717) is 17.9 Å². The Morgan fingerprint density at radius 3 is 2.30 bits per heavy atom. The quantitative estimate of drug-likeness (QED) is 0.932. The Balaban J connectivity index is 2.13. The number of ether oxygens (including phenoxy) is 2. The fraction of sp³-hybridized carbons (Fsp3) is 0.294. The van der Waals surface area contributed by atoms with Crippen LogP contribution in [0, 0.1) is 0 Å². The Kier molecular flexibility index (Phi) is 3.14. The zero-order valence-corrected chi connectivity index (χ0v) is 11.7. The van der Waals surface area contributed by atoms with E-state index in [9.17, 15) is 5.11 Å². The highest BCUT2D eigenvalue weighted by Crippen LogP contribution is 2.43. The van der Waals surface area contributed by atoms with E-state index in [1.54, 1.807) is 14.2 Å². The van der Waals surface area contributed by atoms with Gasteiger partial charge in [0.2, 0.25) is 0 Å². The lowest BCUT2D eigenvalue weighted by Crippen LogP contribution is -2.23. The molecule has 0 spiro atoms. The van der Waals surface area contributed by atoms with Crippen LogP contribution >= 0.6 is 0 Å². The van der Waals surface area contributed by atoms with Gasteiger partial charge in [0.25, 0.3) is 0 Å². The van der Waals surface area contributed by atoms with E-state index in [-0.39, 0.29) is 0 Å². The van der Waals surface area contributed by atoms with Gasteiger partial charge in [0, 0.05) is 6.07 Å². The largest absolute Gasteiger partial charge is 0.497 e. The summed E-state index contributed by atoms with van der Waals surface area (Å²) in [6.07, 6.45) is 1.56. The fourth-order valence-electron chi connectivity index (χ4n) is 2.94. The molecule has 3 heteroatoms. The molecule has 104 valence electrons. The summed E-state index contributed by atoms with van der Waals surface area (Å²) in [4.78, 5) is 0. The molecule has 2 aromatic carbocycles. The van der Waals surface area contributed by atoms with Crippen molar-refractivity contribution in [1.82, 2.24) is 0 Å². The summed E-state index contributed by atoms with van der Waals surface area (Å²) in [5.74, 6) is 1.38. The molecule has 0 amide bonds. The number of aryl methyl sites for hydroxylation is 1. The highest BCUT2D eigenvalue weighted by Gasteiger charge is 2.38. The van der Waals surface area contributed by atoms with Gasteiger partial charge in [0.1, 0.15) is 17.1 Å². The van der Waals surface area contributed by atoms with Gasteiger partial charge in [-0.05, 0) is 41.7 Å². The summed E-state index contributed by atoms with van der Waals surface area (Å²) in [6.45, 7) is 0. The van der Waals surface area contributed by atoms with E-state index in [1.165, 1.54) is 5.56 Å². The molecule has 0 fully saturated rings. The van der Waals surface area contributed by atoms with E-state index in [2.05, 4.69) is 6.07 Å². The van der Waals surface area contributed by atoms with Crippen LogP contribution < -0.4 is 9.47 Å². The topological polar surface area (TPSA) is 38.7 Å². The standard InChI is InChI=1S/C17H18O3/c1-19-14-9-13(10-15(11-14)20-2)17(18)8-7-12-5-3-4-6-16(12)17/h3-6,9-11,18H,7-8H2,1-2H3. The number of hydrogen-bond acceptors (Lipinski definition) is 3. The molecule has 1 aliphatic rings. The molecule has 2 aromatic rings. The highest BCUT2D eigenvalue weighted by atomic mass is 16.5. The summed E-state index contributed by atoms with van der Waals surface area (Å²) in [5, 5.41) is 11.1. The third-order valence-corrected chi connectivity index (χ3v) is 4.05. The van der Waals surface area contributed by atoms with Crippen LogP contribution in [-0.2, 0) is 12.0 Å². The van der Waals surface area contributed by atoms with Crippen LogP contribution in [0.2, 0.25) is 0 Å². The predicted molar refractivity (Wildman–Crippen MR) is 77.3 cm³/mol. The molecule has 1 unspecified atom stereocenters. The molecular weight excluding hydrogens is 252 g/mol. The minimum Gasteiger partial charge on any atom is -0.497 e. The first kappa shape index (κ1) is 13.0. The number of aliphatic hydroxyl groups is 1. The lowest BCUT2D eigenvalue weighted by molar-refractivity contribution is 0.0824. The summed E-state index contributed by atoms with van der Waals surface area (Å²) in [7, 11) is 3.23. The van der Waals surface area contributed by atoms with Gasteiger partial charge >= 0.3 is 0 Å². The molecule has 0 radical (unpaired) electrons. The van der Waals surface area contributed by atoms with Crippen molar-refractivity contribution in [2.45, 2.75) is 18.4 Å². The maximum Gasteiger partial charge on any atom is 0.122 e. The molecule has 0 saturated carbocycles. The van der Waals surface area contributed by atoms with Crippen molar-refractivity contribution in [3.63, 3.8) is 0 Å². The Hall–Kier alpha value is -2.00. The summed E-state index contributed by atoms with van der Waals surface area (Å²) < 4.78 is 10.6. The van der Waals surface area contributed by atoms with Crippen LogP contribution in [0.4, 0.5) is 0 Å². The Morgan fingerprint density at radius 1 is 1.00 bits per heavy atom. The molecule has 1 N–H and O–H groups in total. The number of methoxy groups -OCH3 is 2. The van der Waals surface area contributed by atoms with Gasteiger partial charge < -0.3 is 14.6 Å². The lowest BCUT2D eigenvalue weighted by atomic mass is 9.87. The summed E-state index contributed by atoms with van der Waals surface area (Å²) >= 11 is 0. The first-order valence-corrected chi connectivity index (χ1v) is 6.71.